The number of carbonyl (C=O) groups excluding carboxylic acids is 1. The maximum Gasteiger partial charge on any atom is 0.274 e. The van der Waals surface area contributed by atoms with Crippen LogP contribution in [0.25, 0.3) is 0 Å². The number of hydrogen-bond donors (Lipinski definition) is 1. The van der Waals surface area contributed by atoms with E-state index < -0.39 is 0 Å². The molecule has 6 heteroatoms. The maximum atomic E-state index is 13.8. The van der Waals surface area contributed by atoms with Gasteiger partial charge in [0.15, 0.2) is 5.69 Å². The quantitative estimate of drug-likeness (QED) is 0.880. The molecule has 2 aromatic rings. The van der Waals surface area contributed by atoms with Crippen LogP contribution in [0.1, 0.15) is 46.6 Å². The van der Waals surface area contributed by atoms with Crippen molar-refractivity contribution in [2.24, 2.45) is 7.05 Å². The van der Waals surface area contributed by atoms with E-state index in [2.05, 4.69) is 10.4 Å². The van der Waals surface area contributed by atoms with E-state index >= 15 is 0 Å². The minimum Gasteiger partial charge on any atom is -0.337 e. The fourth-order valence-corrected chi connectivity index (χ4v) is 4.32. The van der Waals surface area contributed by atoms with Crippen LogP contribution in [0.5, 0.6) is 0 Å². The molecule has 1 aromatic heterocycles. The van der Waals surface area contributed by atoms with Crippen LogP contribution in [-0.2, 0) is 26.3 Å². The lowest BCUT2D eigenvalue weighted by atomic mass is 9.91. The van der Waals surface area contributed by atoms with Gasteiger partial charge < -0.3 is 10.2 Å². The van der Waals surface area contributed by atoms with Gasteiger partial charge in [-0.3, -0.25) is 9.48 Å². The zero-order chi connectivity index (χ0) is 18.8. The molecular weight excluding hydrogens is 343 g/mol. The maximum absolute atomic E-state index is 13.8. The topological polar surface area (TPSA) is 50.2 Å². The molecule has 2 heterocycles. The summed E-state index contributed by atoms with van der Waals surface area (Å²) in [6.45, 7) is 2.42. The second-order valence-corrected chi connectivity index (χ2v) is 7.63. The molecule has 1 unspecified atom stereocenters. The molecule has 2 aliphatic rings. The lowest BCUT2D eigenvalue weighted by Gasteiger charge is -2.25. The van der Waals surface area contributed by atoms with Crippen LogP contribution in [0.4, 0.5) is 4.39 Å². The minimum atomic E-state index is -0.143. The number of aromatic nitrogens is 2. The zero-order valence-corrected chi connectivity index (χ0v) is 15.9. The van der Waals surface area contributed by atoms with E-state index in [4.69, 9.17) is 0 Å². The van der Waals surface area contributed by atoms with E-state index in [0.29, 0.717) is 18.2 Å². The Morgan fingerprint density at radius 2 is 2.07 bits per heavy atom. The zero-order valence-electron chi connectivity index (χ0n) is 15.9. The molecule has 0 saturated carbocycles. The summed E-state index contributed by atoms with van der Waals surface area (Å²) in [5, 5.41) is 8.11. The molecule has 1 aliphatic heterocycles. The molecule has 1 aliphatic carbocycles. The van der Waals surface area contributed by atoms with E-state index in [9.17, 15) is 9.18 Å². The Labute approximate surface area is 159 Å². The summed E-state index contributed by atoms with van der Waals surface area (Å²) in [5.74, 6) is -0.0626. The Balaban J connectivity index is 1.41. The molecule has 144 valence electrons. The van der Waals surface area contributed by atoms with Crippen LogP contribution in [0.3, 0.4) is 0 Å². The van der Waals surface area contributed by atoms with Crippen LogP contribution in [0.2, 0.25) is 0 Å². The van der Waals surface area contributed by atoms with E-state index in [1.54, 1.807) is 6.07 Å². The first-order chi connectivity index (χ1) is 13.1. The molecule has 1 N–H and O–H groups in total. The van der Waals surface area contributed by atoms with Crippen molar-refractivity contribution in [2.45, 2.75) is 44.6 Å². The predicted octanol–water partition coefficient (Wildman–Crippen LogP) is 2.48. The highest BCUT2D eigenvalue weighted by Gasteiger charge is 2.31. The van der Waals surface area contributed by atoms with Gasteiger partial charge in [0.2, 0.25) is 0 Å². The SMILES string of the molecule is Cn1nc(C(=O)N2CCCC2)c2c1CCC(NCCc1ccccc1F)C2. The first-order valence-electron chi connectivity index (χ1n) is 9.94. The largest absolute Gasteiger partial charge is 0.337 e. The Morgan fingerprint density at radius 3 is 2.85 bits per heavy atom. The van der Waals surface area contributed by atoms with Crippen molar-refractivity contribution in [3.63, 3.8) is 0 Å². The molecule has 1 saturated heterocycles. The monoisotopic (exact) mass is 370 g/mol. The summed E-state index contributed by atoms with van der Waals surface area (Å²) in [4.78, 5) is 14.8. The van der Waals surface area contributed by atoms with Gasteiger partial charge in [0.25, 0.3) is 5.91 Å². The normalized spacial score (nSPS) is 19.3. The van der Waals surface area contributed by atoms with Gasteiger partial charge in [-0.2, -0.15) is 5.10 Å². The number of fused-ring (bicyclic) bond motifs is 1. The molecule has 0 radical (unpaired) electrons. The summed E-state index contributed by atoms with van der Waals surface area (Å²) >= 11 is 0. The fourth-order valence-electron chi connectivity index (χ4n) is 4.32. The molecule has 5 nitrogen and oxygen atoms in total. The van der Waals surface area contributed by atoms with Crippen LogP contribution >= 0.6 is 0 Å². The number of rotatable bonds is 5. The Kier molecular flexibility index (Phi) is 5.25. The molecular formula is C21H27FN4O. The third-order valence-corrected chi connectivity index (χ3v) is 5.84. The number of nitrogens with zero attached hydrogens (tertiary/aromatic N) is 3. The first-order valence-corrected chi connectivity index (χ1v) is 9.94. The first kappa shape index (κ1) is 18.2. The van der Waals surface area contributed by atoms with E-state index in [0.717, 1.165) is 62.9 Å². The fraction of sp³-hybridized carbons (Fsp3) is 0.524. The van der Waals surface area contributed by atoms with Crippen molar-refractivity contribution < 1.29 is 9.18 Å². The highest BCUT2D eigenvalue weighted by Crippen LogP contribution is 2.26. The standard InChI is InChI=1S/C21H27FN4O/c1-25-19-9-8-16(23-11-10-15-6-2-3-7-18(15)22)14-17(19)20(24-25)21(27)26-12-4-5-13-26/h2-3,6-7,16,23H,4-5,8-14H2,1H3. The van der Waals surface area contributed by atoms with Crippen molar-refractivity contribution in [3.8, 4) is 0 Å². The van der Waals surface area contributed by atoms with Gasteiger partial charge in [-0.1, -0.05) is 18.2 Å². The van der Waals surface area contributed by atoms with Crippen LogP contribution in [-0.4, -0.2) is 46.3 Å². The Morgan fingerprint density at radius 1 is 1.30 bits per heavy atom. The summed E-state index contributed by atoms with van der Waals surface area (Å²) < 4.78 is 15.6. The van der Waals surface area contributed by atoms with Gasteiger partial charge >= 0.3 is 0 Å². The number of amides is 1. The van der Waals surface area contributed by atoms with Gasteiger partial charge in [0, 0.05) is 37.4 Å². The molecule has 27 heavy (non-hydrogen) atoms. The van der Waals surface area contributed by atoms with Gasteiger partial charge in [-0.15, -0.1) is 0 Å². The van der Waals surface area contributed by atoms with Crippen LogP contribution in [0.15, 0.2) is 24.3 Å². The average Bonchev–Trinajstić information content (AvgIpc) is 3.31. The van der Waals surface area contributed by atoms with Crippen molar-refractivity contribution in [2.75, 3.05) is 19.6 Å². The molecule has 1 aromatic carbocycles. The van der Waals surface area contributed by atoms with E-state index in [1.807, 2.05) is 28.8 Å². The summed E-state index contributed by atoms with van der Waals surface area (Å²) in [5.41, 5.74) is 3.66. The molecule has 1 amide bonds. The van der Waals surface area contributed by atoms with E-state index in [1.165, 1.54) is 11.8 Å². The van der Waals surface area contributed by atoms with Crippen molar-refractivity contribution in [3.05, 3.63) is 52.6 Å². The van der Waals surface area contributed by atoms with Gasteiger partial charge in [0.1, 0.15) is 5.82 Å². The molecule has 0 spiro atoms. The summed E-state index contributed by atoms with van der Waals surface area (Å²) in [6, 6.07) is 7.24. The Bertz CT molecular complexity index is 826. The number of nitrogens with one attached hydrogen (secondary N) is 1. The third-order valence-electron chi connectivity index (χ3n) is 5.84. The number of likely N-dealkylation sites (tertiary alicyclic amines) is 1. The number of carbonyl (C=O) groups is 1. The highest BCUT2D eigenvalue weighted by atomic mass is 19.1. The second-order valence-electron chi connectivity index (χ2n) is 7.63. The van der Waals surface area contributed by atoms with Gasteiger partial charge in [0.05, 0.1) is 0 Å². The third kappa shape index (κ3) is 3.76. The van der Waals surface area contributed by atoms with Crippen molar-refractivity contribution >= 4 is 5.91 Å². The smallest absolute Gasteiger partial charge is 0.274 e. The van der Waals surface area contributed by atoms with Crippen molar-refractivity contribution in [1.29, 1.82) is 0 Å². The van der Waals surface area contributed by atoms with Gasteiger partial charge in [-0.25, -0.2) is 4.39 Å². The molecule has 0 bridgehead atoms. The lowest BCUT2D eigenvalue weighted by molar-refractivity contribution is 0.0785. The lowest BCUT2D eigenvalue weighted by Crippen LogP contribution is -2.37. The second kappa shape index (κ2) is 7.80. The van der Waals surface area contributed by atoms with Gasteiger partial charge in [-0.05, 0) is 56.7 Å². The molecule has 4 rings (SSSR count). The molecule has 1 fully saturated rings. The van der Waals surface area contributed by atoms with E-state index in [-0.39, 0.29) is 11.7 Å². The average molecular weight is 370 g/mol. The van der Waals surface area contributed by atoms with Crippen LogP contribution < -0.4 is 5.32 Å². The highest BCUT2D eigenvalue weighted by molar-refractivity contribution is 5.94. The van der Waals surface area contributed by atoms with Crippen LogP contribution in [0, 0.1) is 5.82 Å². The number of halogens is 1. The summed E-state index contributed by atoms with van der Waals surface area (Å²) in [6.07, 6.45) is 5.59. The van der Waals surface area contributed by atoms with Crippen molar-refractivity contribution in [1.82, 2.24) is 20.0 Å². The molecule has 1 atom stereocenters. The minimum absolute atomic E-state index is 0.0800. The summed E-state index contributed by atoms with van der Waals surface area (Å²) in [7, 11) is 1.94. The Hall–Kier alpha value is -2.21. The number of aryl methyl sites for hydroxylation is 1. The predicted molar refractivity (Wildman–Crippen MR) is 102 cm³/mol. The number of hydrogen-bond acceptors (Lipinski definition) is 3. The number of benzene rings is 1.